The Kier molecular flexibility index (Phi) is 3.89. The van der Waals surface area contributed by atoms with Gasteiger partial charge in [-0.1, -0.05) is 52.5 Å². The monoisotopic (exact) mass is 357 g/mol. The second-order valence-corrected chi connectivity index (χ2v) is 6.07. The predicted molar refractivity (Wildman–Crippen MR) is 88.2 cm³/mol. The number of nitrogens with one attached hydrogen (secondary N) is 1. The van der Waals surface area contributed by atoms with Crippen LogP contribution < -0.4 is 0 Å². The van der Waals surface area contributed by atoms with E-state index in [4.69, 9.17) is 46.4 Å². The molecule has 3 rings (SSSR count). The quantitative estimate of drug-likeness (QED) is 0.559. The number of rotatable bonds is 2. The van der Waals surface area contributed by atoms with Crippen molar-refractivity contribution in [2.45, 2.75) is 0 Å². The Morgan fingerprint density at radius 2 is 1.71 bits per heavy atom. The zero-order valence-electron chi connectivity index (χ0n) is 10.4. The fourth-order valence-corrected chi connectivity index (χ4v) is 3.17. The largest absolute Gasteiger partial charge is 0.360 e. The summed E-state index contributed by atoms with van der Waals surface area (Å²) in [6.07, 6.45) is 1.59. The van der Waals surface area contributed by atoms with Gasteiger partial charge in [0.1, 0.15) is 0 Å². The minimum atomic E-state index is -0.252. The van der Waals surface area contributed by atoms with Crippen LogP contribution in [0.4, 0.5) is 0 Å². The molecule has 21 heavy (non-hydrogen) atoms. The summed E-state index contributed by atoms with van der Waals surface area (Å²) in [6, 6.07) is 8.23. The molecule has 0 amide bonds. The molecule has 0 saturated carbocycles. The summed E-state index contributed by atoms with van der Waals surface area (Å²) in [7, 11) is 0. The maximum atomic E-state index is 12.7. The summed E-state index contributed by atoms with van der Waals surface area (Å²) in [5.41, 5.74) is 1.45. The van der Waals surface area contributed by atoms with Gasteiger partial charge in [-0.15, -0.1) is 0 Å². The number of ketones is 1. The second-order valence-electron chi connectivity index (χ2n) is 4.44. The minimum Gasteiger partial charge on any atom is -0.360 e. The lowest BCUT2D eigenvalue weighted by atomic mass is 10.0. The number of aromatic nitrogens is 1. The summed E-state index contributed by atoms with van der Waals surface area (Å²) in [4.78, 5) is 15.7. The van der Waals surface area contributed by atoms with E-state index in [0.717, 1.165) is 0 Å². The SMILES string of the molecule is O=C(c1cccc(Cl)c1Cl)c1c[nH]c2cc(Cl)cc(Cl)c12. The van der Waals surface area contributed by atoms with Crippen molar-refractivity contribution in [1.29, 1.82) is 0 Å². The second kappa shape index (κ2) is 5.54. The van der Waals surface area contributed by atoms with Gasteiger partial charge in [0.25, 0.3) is 0 Å². The maximum absolute atomic E-state index is 12.7. The molecule has 0 radical (unpaired) electrons. The fourth-order valence-electron chi connectivity index (χ4n) is 2.19. The highest BCUT2D eigenvalue weighted by atomic mass is 35.5. The summed E-state index contributed by atoms with van der Waals surface area (Å²) in [6.45, 7) is 0. The van der Waals surface area contributed by atoms with Crippen LogP contribution in [0.1, 0.15) is 15.9 Å². The van der Waals surface area contributed by atoms with Gasteiger partial charge in [0, 0.05) is 33.2 Å². The molecule has 0 aliphatic rings. The zero-order chi connectivity index (χ0) is 15.1. The number of fused-ring (bicyclic) bond motifs is 1. The molecular formula is C15H7Cl4NO. The first-order chi connectivity index (χ1) is 9.99. The predicted octanol–water partition coefficient (Wildman–Crippen LogP) is 6.01. The molecule has 1 aromatic heterocycles. The van der Waals surface area contributed by atoms with Gasteiger partial charge in [-0.2, -0.15) is 0 Å². The zero-order valence-corrected chi connectivity index (χ0v) is 13.4. The third kappa shape index (κ3) is 2.53. The molecule has 0 unspecified atom stereocenters. The van der Waals surface area contributed by atoms with Crippen LogP contribution in [0.15, 0.2) is 36.5 Å². The van der Waals surface area contributed by atoms with Gasteiger partial charge >= 0.3 is 0 Å². The van der Waals surface area contributed by atoms with E-state index in [9.17, 15) is 4.79 Å². The molecule has 0 saturated heterocycles. The summed E-state index contributed by atoms with van der Waals surface area (Å²) >= 11 is 24.2. The van der Waals surface area contributed by atoms with Crippen molar-refractivity contribution in [3.63, 3.8) is 0 Å². The van der Waals surface area contributed by atoms with Gasteiger partial charge in [-0.3, -0.25) is 4.79 Å². The molecule has 0 aliphatic heterocycles. The standard InChI is InChI=1S/C15H7Cl4NO/c16-7-4-11(18)13-9(6-20-12(13)5-7)15(21)8-2-1-3-10(17)14(8)19/h1-6,20H. The third-order valence-electron chi connectivity index (χ3n) is 3.14. The van der Waals surface area contributed by atoms with Crippen LogP contribution >= 0.6 is 46.4 Å². The van der Waals surface area contributed by atoms with Gasteiger partial charge in [-0.25, -0.2) is 0 Å². The Labute approximate surface area is 140 Å². The first-order valence-corrected chi connectivity index (χ1v) is 7.45. The molecule has 0 fully saturated rings. The summed E-state index contributed by atoms with van der Waals surface area (Å²) in [5, 5.41) is 2.07. The molecule has 106 valence electrons. The average molecular weight is 359 g/mol. The molecule has 2 nitrogen and oxygen atoms in total. The highest BCUT2D eigenvalue weighted by molar-refractivity contribution is 6.45. The maximum Gasteiger partial charge on any atom is 0.196 e. The number of benzene rings is 2. The first kappa shape index (κ1) is 14.7. The molecular weight excluding hydrogens is 352 g/mol. The molecule has 6 heteroatoms. The number of hydrogen-bond acceptors (Lipinski definition) is 1. The van der Waals surface area contributed by atoms with Crippen molar-refractivity contribution in [3.8, 4) is 0 Å². The summed E-state index contributed by atoms with van der Waals surface area (Å²) in [5.74, 6) is -0.252. The fraction of sp³-hybridized carbons (Fsp3) is 0. The molecule has 2 aromatic carbocycles. The molecule has 0 spiro atoms. The average Bonchev–Trinajstić information content (AvgIpc) is 2.85. The number of hydrogen-bond donors (Lipinski definition) is 1. The smallest absolute Gasteiger partial charge is 0.196 e. The molecule has 1 heterocycles. The van der Waals surface area contributed by atoms with Crippen LogP contribution in [0.2, 0.25) is 20.1 Å². The molecule has 1 N–H and O–H groups in total. The molecule has 3 aromatic rings. The molecule has 0 bridgehead atoms. The van der Waals surface area contributed by atoms with Crippen molar-refractivity contribution in [2.75, 3.05) is 0 Å². The lowest BCUT2D eigenvalue weighted by Gasteiger charge is -2.05. The van der Waals surface area contributed by atoms with Crippen molar-refractivity contribution in [1.82, 2.24) is 4.98 Å². The Morgan fingerprint density at radius 1 is 0.952 bits per heavy atom. The van der Waals surface area contributed by atoms with Crippen LogP contribution in [-0.2, 0) is 0 Å². The topological polar surface area (TPSA) is 32.9 Å². The number of carbonyl (C=O) groups is 1. The Hall–Kier alpha value is -1.19. The number of H-pyrrole nitrogens is 1. The van der Waals surface area contributed by atoms with E-state index in [-0.39, 0.29) is 10.8 Å². The first-order valence-electron chi connectivity index (χ1n) is 5.94. The minimum absolute atomic E-state index is 0.226. The molecule has 0 atom stereocenters. The van der Waals surface area contributed by atoms with Crippen molar-refractivity contribution in [3.05, 3.63) is 67.7 Å². The van der Waals surface area contributed by atoms with Crippen LogP contribution in [-0.4, -0.2) is 10.8 Å². The third-order valence-corrected chi connectivity index (χ3v) is 4.47. The lowest BCUT2D eigenvalue weighted by molar-refractivity contribution is 0.104. The van der Waals surface area contributed by atoms with Crippen molar-refractivity contribution >= 4 is 63.1 Å². The van der Waals surface area contributed by atoms with E-state index < -0.39 is 0 Å². The Bertz CT molecular complexity index is 869. The van der Waals surface area contributed by atoms with Gasteiger partial charge in [-0.05, 0) is 24.3 Å². The van der Waals surface area contributed by atoms with Crippen molar-refractivity contribution in [2.24, 2.45) is 0 Å². The van der Waals surface area contributed by atoms with Gasteiger partial charge < -0.3 is 4.98 Å². The Balaban J connectivity index is 2.21. The van der Waals surface area contributed by atoms with E-state index in [2.05, 4.69) is 4.98 Å². The highest BCUT2D eigenvalue weighted by Gasteiger charge is 2.20. The van der Waals surface area contributed by atoms with E-state index in [1.165, 1.54) is 0 Å². The van der Waals surface area contributed by atoms with Crippen LogP contribution in [0.5, 0.6) is 0 Å². The van der Waals surface area contributed by atoms with E-state index in [0.29, 0.717) is 37.1 Å². The number of halogens is 4. The lowest BCUT2D eigenvalue weighted by Crippen LogP contribution is -2.01. The van der Waals surface area contributed by atoms with E-state index >= 15 is 0 Å². The normalized spacial score (nSPS) is 11.0. The van der Waals surface area contributed by atoms with Gasteiger partial charge in [0.05, 0.1) is 15.1 Å². The number of carbonyl (C=O) groups excluding carboxylic acids is 1. The van der Waals surface area contributed by atoms with Gasteiger partial charge in [0.2, 0.25) is 0 Å². The Morgan fingerprint density at radius 3 is 2.48 bits per heavy atom. The highest BCUT2D eigenvalue weighted by Crippen LogP contribution is 2.33. The van der Waals surface area contributed by atoms with Crippen LogP contribution in [0, 0.1) is 0 Å². The van der Waals surface area contributed by atoms with E-state index in [1.807, 2.05) is 0 Å². The van der Waals surface area contributed by atoms with Crippen LogP contribution in [0.25, 0.3) is 10.9 Å². The molecule has 0 aliphatic carbocycles. The van der Waals surface area contributed by atoms with E-state index in [1.54, 1.807) is 36.5 Å². The van der Waals surface area contributed by atoms with Gasteiger partial charge in [0.15, 0.2) is 5.78 Å². The van der Waals surface area contributed by atoms with Crippen LogP contribution in [0.3, 0.4) is 0 Å². The summed E-state index contributed by atoms with van der Waals surface area (Å²) < 4.78 is 0. The number of aromatic amines is 1. The van der Waals surface area contributed by atoms with Crippen molar-refractivity contribution < 1.29 is 4.79 Å².